The molecule has 146 valence electrons. The molecule has 0 saturated carbocycles. The van der Waals surface area contributed by atoms with Crippen LogP contribution in [0.2, 0.25) is 0 Å². The second-order valence-electron chi connectivity index (χ2n) is 5.68. The third kappa shape index (κ3) is 5.95. The van der Waals surface area contributed by atoms with Gasteiger partial charge in [0.1, 0.15) is 31.0 Å². The molecule has 0 unspecified atom stereocenters. The van der Waals surface area contributed by atoms with Crippen LogP contribution >= 0.6 is 0 Å². The van der Waals surface area contributed by atoms with Crippen LogP contribution in [0.5, 0.6) is 0 Å². The minimum Gasteiger partial charge on any atom is -0.430 e. The van der Waals surface area contributed by atoms with Crippen molar-refractivity contribution in [2.45, 2.75) is 37.3 Å². The van der Waals surface area contributed by atoms with Crippen LogP contribution in [0, 0.1) is 0 Å². The van der Waals surface area contributed by atoms with Crippen LogP contribution in [0.25, 0.3) is 10.4 Å². The summed E-state index contributed by atoms with van der Waals surface area (Å²) in [4.78, 5) is 14.3. The van der Waals surface area contributed by atoms with E-state index in [1.54, 1.807) is 0 Å². The van der Waals surface area contributed by atoms with E-state index in [1.165, 1.54) is 6.08 Å². The van der Waals surface area contributed by atoms with Gasteiger partial charge < -0.3 is 29.2 Å². The highest BCUT2D eigenvalue weighted by Crippen LogP contribution is 2.26. The first-order valence-corrected chi connectivity index (χ1v) is 8.18. The Morgan fingerprint density at radius 2 is 2.11 bits per heavy atom. The molecule has 0 radical (unpaired) electrons. The SMILES string of the molecule is C=CCOC(=O)O[C@H]1[C@H](O)[C@@H](COCc2ccccc2)O[C@@H](O)[C@@H]1N=[N+]=[N-]. The van der Waals surface area contributed by atoms with Crippen molar-refractivity contribution in [2.24, 2.45) is 5.11 Å². The molecule has 1 fully saturated rings. The van der Waals surface area contributed by atoms with E-state index in [0.29, 0.717) is 0 Å². The monoisotopic (exact) mass is 379 g/mol. The Balaban J connectivity index is 2.00. The molecule has 2 N–H and O–H groups in total. The highest BCUT2D eigenvalue weighted by Gasteiger charge is 2.47. The first-order valence-electron chi connectivity index (χ1n) is 8.18. The number of aliphatic hydroxyl groups is 2. The van der Waals surface area contributed by atoms with Gasteiger partial charge in [-0.1, -0.05) is 48.1 Å². The number of benzene rings is 1. The largest absolute Gasteiger partial charge is 0.508 e. The van der Waals surface area contributed by atoms with E-state index in [0.717, 1.165) is 5.56 Å². The van der Waals surface area contributed by atoms with Gasteiger partial charge in [-0.15, -0.1) is 0 Å². The fourth-order valence-electron chi connectivity index (χ4n) is 2.51. The van der Waals surface area contributed by atoms with Crippen LogP contribution in [-0.2, 0) is 25.6 Å². The van der Waals surface area contributed by atoms with Crippen LogP contribution in [0.4, 0.5) is 4.79 Å². The Hall–Kier alpha value is -2.62. The van der Waals surface area contributed by atoms with Gasteiger partial charge in [-0.3, -0.25) is 0 Å². The number of hydrogen-bond donors (Lipinski definition) is 2. The molecule has 2 rings (SSSR count). The Morgan fingerprint density at radius 1 is 1.37 bits per heavy atom. The van der Waals surface area contributed by atoms with Crippen molar-refractivity contribution < 1.29 is 34.0 Å². The lowest BCUT2D eigenvalue weighted by molar-refractivity contribution is -0.253. The number of carbonyl (C=O) groups is 1. The highest BCUT2D eigenvalue weighted by atomic mass is 16.7. The van der Waals surface area contributed by atoms with Gasteiger partial charge in [0.2, 0.25) is 0 Å². The lowest BCUT2D eigenvalue weighted by atomic mass is 9.97. The maximum absolute atomic E-state index is 11.7. The van der Waals surface area contributed by atoms with Crippen LogP contribution in [-0.4, -0.2) is 60.2 Å². The first kappa shape index (κ1) is 20.7. The molecule has 0 spiro atoms. The topological polar surface area (TPSA) is 143 Å². The van der Waals surface area contributed by atoms with Gasteiger partial charge in [0.25, 0.3) is 0 Å². The second-order valence-corrected chi connectivity index (χ2v) is 5.68. The number of nitrogens with zero attached hydrogens (tertiary/aromatic N) is 3. The molecule has 1 aromatic carbocycles. The molecule has 0 aliphatic carbocycles. The summed E-state index contributed by atoms with van der Waals surface area (Å²) in [5, 5.41) is 23.9. The fourth-order valence-corrected chi connectivity index (χ4v) is 2.51. The maximum Gasteiger partial charge on any atom is 0.508 e. The Bertz CT molecular complexity index is 666. The smallest absolute Gasteiger partial charge is 0.430 e. The van der Waals surface area contributed by atoms with Gasteiger partial charge in [0.05, 0.1) is 13.2 Å². The van der Waals surface area contributed by atoms with Crippen LogP contribution in [0.1, 0.15) is 5.56 Å². The zero-order valence-corrected chi connectivity index (χ0v) is 14.5. The Morgan fingerprint density at radius 3 is 2.78 bits per heavy atom. The van der Waals surface area contributed by atoms with Crippen molar-refractivity contribution in [1.29, 1.82) is 0 Å². The lowest BCUT2D eigenvalue weighted by Gasteiger charge is -2.40. The summed E-state index contributed by atoms with van der Waals surface area (Å²) in [6.07, 6.45) is -5.14. The van der Waals surface area contributed by atoms with Gasteiger partial charge >= 0.3 is 6.16 Å². The second kappa shape index (κ2) is 10.5. The number of rotatable bonds is 8. The summed E-state index contributed by atoms with van der Waals surface area (Å²) < 4.78 is 20.5. The van der Waals surface area contributed by atoms with Gasteiger partial charge in [0, 0.05) is 4.91 Å². The van der Waals surface area contributed by atoms with Crippen molar-refractivity contribution in [3.8, 4) is 0 Å². The van der Waals surface area contributed by atoms with Crippen molar-refractivity contribution in [1.82, 2.24) is 0 Å². The lowest BCUT2D eigenvalue weighted by Crippen LogP contribution is -2.59. The summed E-state index contributed by atoms with van der Waals surface area (Å²) >= 11 is 0. The van der Waals surface area contributed by atoms with Crippen molar-refractivity contribution in [2.75, 3.05) is 13.2 Å². The van der Waals surface area contributed by atoms with Crippen LogP contribution in [0.3, 0.4) is 0 Å². The predicted molar refractivity (Wildman–Crippen MR) is 92.3 cm³/mol. The number of azide groups is 1. The molecule has 1 aliphatic heterocycles. The average molecular weight is 379 g/mol. The van der Waals surface area contributed by atoms with Crippen molar-refractivity contribution in [3.05, 3.63) is 59.0 Å². The third-order valence-electron chi connectivity index (χ3n) is 3.79. The minimum atomic E-state index is -1.59. The Labute approximate surface area is 155 Å². The van der Waals surface area contributed by atoms with Gasteiger partial charge in [0.15, 0.2) is 6.29 Å². The van der Waals surface area contributed by atoms with Crippen molar-refractivity contribution in [3.63, 3.8) is 0 Å². The molecule has 10 nitrogen and oxygen atoms in total. The number of ether oxygens (including phenoxy) is 4. The molecule has 10 heteroatoms. The van der Waals surface area contributed by atoms with E-state index in [9.17, 15) is 15.0 Å². The van der Waals surface area contributed by atoms with Crippen LogP contribution in [0.15, 0.2) is 48.1 Å². The van der Waals surface area contributed by atoms with E-state index in [-0.39, 0.29) is 19.8 Å². The van der Waals surface area contributed by atoms with E-state index >= 15 is 0 Å². The zero-order valence-electron chi connectivity index (χ0n) is 14.5. The standard InChI is InChI=1S/C17H21N3O7/c1-2-8-25-17(23)27-15-13(19-20-18)16(22)26-12(14(15)21)10-24-9-11-6-4-3-5-7-11/h2-7,12-16,21-22H,1,8-10H2/t12-,13-,14-,15-,16-/m1/s1. The van der Waals surface area contributed by atoms with Gasteiger partial charge in [-0.25, -0.2) is 4.79 Å². The summed E-state index contributed by atoms with van der Waals surface area (Å²) in [5.74, 6) is 0. The molecular formula is C17H21N3O7. The summed E-state index contributed by atoms with van der Waals surface area (Å²) in [7, 11) is 0. The van der Waals surface area contributed by atoms with E-state index < -0.39 is 36.8 Å². The minimum absolute atomic E-state index is 0.0856. The number of aliphatic hydroxyl groups excluding tert-OH is 2. The molecule has 0 aromatic heterocycles. The molecule has 1 aromatic rings. The van der Waals surface area contributed by atoms with E-state index in [1.807, 2.05) is 30.3 Å². The quantitative estimate of drug-likeness (QED) is 0.230. The van der Waals surface area contributed by atoms with Crippen LogP contribution < -0.4 is 0 Å². The van der Waals surface area contributed by atoms with Gasteiger partial charge in [-0.2, -0.15) is 0 Å². The summed E-state index contributed by atoms with van der Waals surface area (Å²) in [6, 6.07) is 7.98. The molecule has 1 saturated heterocycles. The third-order valence-corrected chi connectivity index (χ3v) is 3.79. The Kier molecular flexibility index (Phi) is 8.05. The molecule has 1 heterocycles. The van der Waals surface area contributed by atoms with Gasteiger partial charge in [-0.05, 0) is 11.1 Å². The highest BCUT2D eigenvalue weighted by molar-refractivity contribution is 5.60. The summed E-state index contributed by atoms with van der Waals surface area (Å²) in [6.45, 7) is 3.47. The normalized spacial score (nSPS) is 27.3. The van der Waals surface area contributed by atoms with E-state index in [2.05, 4.69) is 16.6 Å². The molecule has 5 atom stereocenters. The first-order chi connectivity index (χ1) is 13.1. The predicted octanol–water partition coefficient (Wildman–Crippen LogP) is 1.67. The van der Waals surface area contributed by atoms with E-state index in [4.69, 9.17) is 24.5 Å². The molecule has 0 amide bonds. The molecule has 0 bridgehead atoms. The summed E-state index contributed by atoms with van der Waals surface area (Å²) in [5.41, 5.74) is 9.56. The molecule has 1 aliphatic rings. The molecular weight excluding hydrogens is 358 g/mol. The number of carbonyl (C=O) groups excluding carboxylic acids is 1. The zero-order chi connectivity index (χ0) is 19.6. The fraction of sp³-hybridized carbons (Fsp3) is 0.471. The van der Waals surface area contributed by atoms with Crippen molar-refractivity contribution >= 4 is 6.16 Å². The number of hydrogen-bond acceptors (Lipinski definition) is 8. The molecule has 27 heavy (non-hydrogen) atoms. The average Bonchev–Trinajstić information content (AvgIpc) is 2.67. The maximum atomic E-state index is 11.7.